The average molecular weight is 235 g/mol. The average Bonchev–Trinajstić information content (AvgIpc) is 2.31. The molecule has 4 nitrogen and oxygen atoms in total. The Morgan fingerprint density at radius 2 is 1.94 bits per heavy atom. The van der Waals surface area contributed by atoms with Crippen LogP contribution in [0.15, 0.2) is 35.1 Å². The molecular weight excluding hydrogens is 228 g/mol. The lowest BCUT2D eigenvalue weighted by Gasteiger charge is -2.00. The molecule has 80 valence electrons. The summed E-state index contributed by atoms with van der Waals surface area (Å²) in [7, 11) is 0. The fourth-order valence-corrected chi connectivity index (χ4v) is 1.40. The number of hydrogen-bond acceptors (Lipinski definition) is 3. The van der Waals surface area contributed by atoms with Crippen molar-refractivity contribution in [1.29, 1.82) is 0 Å². The number of rotatable bonds is 2. The van der Waals surface area contributed by atoms with Crippen LogP contribution in [0.3, 0.4) is 0 Å². The Labute approximate surface area is 95.9 Å². The van der Waals surface area contributed by atoms with Gasteiger partial charge >= 0.3 is 0 Å². The number of carbonyl (C=O) groups excluding carboxylic acids is 1. The third kappa shape index (κ3) is 2.01. The quantitative estimate of drug-likeness (QED) is 0.808. The minimum Gasteiger partial charge on any atom is -0.298 e. The maximum absolute atomic E-state index is 11.1. The standard InChI is InChI=1S/C11H7ClN2O2/c12-9-3-1-7(2-4-9)10-5-8(6-15)11(16)14-13-10/h1-6H,(H,14,16). The number of halogens is 1. The highest BCUT2D eigenvalue weighted by Crippen LogP contribution is 2.18. The SMILES string of the molecule is O=Cc1cc(-c2ccc(Cl)cc2)n[nH]c1=O. The van der Waals surface area contributed by atoms with Gasteiger partial charge in [-0.25, -0.2) is 5.10 Å². The van der Waals surface area contributed by atoms with E-state index in [1.807, 2.05) is 0 Å². The van der Waals surface area contributed by atoms with Crippen molar-refractivity contribution in [1.82, 2.24) is 10.2 Å². The highest BCUT2D eigenvalue weighted by molar-refractivity contribution is 6.30. The maximum Gasteiger partial charge on any atom is 0.274 e. The number of aromatic nitrogens is 2. The normalized spacial score (nSPS) is 10.1. The summed E-state index contributed by atoms with van der Waals surface area (Å²) in [6.07, 6.45) is 0.500. The molecule has 0 fully saturated rings. The number of nitrogens with zero attached hydrogens (tertiary/aromatic N) is 1. The van der Waals surface area contributed by atoms with Crippen LogP contribution in [0.4, 0.5) is 0 Å². The minimum atomic E-state index is -0.493. The Hall–Kier alpha value is -1.94. The van der Waals surface area contributed by atoms with Gasteiger partial charge in [0, 0.05) is 10.6 Å². The van der Waals surface area contributed by atoms with Gasteiger partial charge in [-0.2, -0.15) is 5.10 Å². The molecule has 0 bridgehead atoms. The summed E-state index contributed by atoms with van der Waals surface area (Å²) in [6, 6.07) is 8.39. The van der Waals surface area contributed by atoms with Crippen molar-refractivity contribution < 1.29 is 4.79 Å². The first-order chi connectivity index (χ1) is 7.70. The molecule has 0 unspecified atom stereocenters. The van der Waals surface area contributed by atoms with Crippen molar-refractivity contribution in [2.24, 2.45) is 0 Å². The Kier molecular flexibility index (Phi) is 2.83. The molecule has 1 aromatic heterocycles. The predicted octanol–water partition coefficient (Wildman–Crippen LogP) is 1.90. The number of carbonyl (C=O) groups is 1. The molecular formula is C11H7ClN2O2. The number of aldehydes is 1. The Bertz CT molecular complexity index is 575. The van der Waals surface area contributed by atoms with Gasteiger partial charge < -0.3 is 0 Å². The van der Waals surface area contributed by atoms with Crippen LogP contribution in [-0.2, 0) is 0 Å². The second kappa shape index (κ2) is 4.28. The fraction of sp³-hybridized carbons (Fsp3) is 0. The third-order valence-electron chi connectivity index (χ3n) is 2.10. The molecule has 1 heterocycles. The first kappa shape index (κ1) is 10.6. The topological polar surface area (TPSA) is 62.8 Å². The van der Waals surface area contributed by atoms with Crippen LogP contribution in [0.25, 0.3) is 11.3 Å². The molecule has 2 aromatic rings. The van der Waals surface area contributed by atoms with E-state index in [1.165, 1.54) is 6.07 Å². The summed E-state index contributed by atoms with van der Waals surface area (Å²) in [6.45, 7) is 0. The van der Waals surface area contributed by atoms with E-state index in [0.29, 0.717) is 17.0 Å². The molecule has 0 amide bonds. The zero-order chi connectivity index (χ0) is 11.5. The van der Waals surface area contributed by atoms with Crippen molar-refractivity contribution in [2.45, 2.75) is 0 Å². The van der Waals surface area contributed by atoms with Crippen LogP contribution in [0.1, 0.15) is 10.4 Å². The zero-order valence-corrected chi connectivity index (χ0v) is 8.86. The zero-order valence-electron chi connectivity index (χ0n) is 8.11. The van der Waals surface area contributed by atoms with E-state index in [9.17, 15) is 9.59 Å². The van der Waals surface area contributed by atoms with Crippen molar-refractivity contribution in [3.05, 3.63) is 51.3 Å². The highest BCUT2D eigenvalue weighted by Gasteiger charge is 2.04. The van der Waals surface area contributed by atoms with Crippen molar-refractivity contribution >= 4 is 17.9 Å². The molecule has 1 N–H and O–H groups in total. The monoisotopic (exact) mass is 234 g/mol. The Morgan fingerprint density at radius 1 is 1.25 bits per heavy atom. The molecule has 0 aliphatic carbocycles. The van der Waals surface area contributed by atoms with Crippen LogP contribution in [0.2, 0.25) is 5.02 Å². The Morgan fingerprint density at radius 3 is 2.56 bits per heavy atom. The van der Waals surface area contributed by atoms with Gasteiger partial charge in [0.05, 0.1) is 11.3 Å². The molecule has 2 rings (SSSR count). The van der Waals surface area contributed by atoms with E-state index in [-0.39, 0.29) is 5.56 Å². The molecule has 0 atom stereocenters. The van der Waals surface area contributed by atoms with Gasteiger partial charge in [0.15, 0.2) is 6.29 Å². The highest BCUT2D eigenvalue weighted by atomic mass is 35.5. The molecule has 0 spiro atoms. The first-order valence-corrected chi connectivity index (χ1v) is 4.89. The molecule has 0 aliphatic rings. The number of aromatic amines is 1. The summed E-state index contributed by atoms with van der Waals surface area (Å²) >= 11 is 5.75. The van der Waals surface area contributed by atoms with Crippen molar-refractivity contribution in [3.63, 3.8) is 0 Å². The maximum atomic E-state index is 11.1. The third-order valence-corrected chi connectivity index (χ3v) is 2.35. The van der Waals surface area contributed by atoms with Gasteiger partial charge in [-0.1, -0.05) is 23.7 Å². The molecule has 1 aromatic carbocycles. The minimum absolute atomic E-state index is 0.0555. The van der Waals surface area contributed by atoms with Gasteiger partial charge in [-0.15, -0.1) is 0 Å². The van der Waals surface area contributed by atoms with E-state index < -0.39 is 5.56 Å². The number of nitrogens with one attached hydrogen (secondary N) is 1. The van der Waals surface area contributed by atoms with Crippen LogP contribution in [-0.4, -0.2) is 16.5 Å². The lowest BCUT2D eigenvalue weighted by molar-refractivity contribution is 0.112. The van der Waals surface area contributed by atoms with Crippen LogP contribution < -0.4 is 5.56 Å². The summed E-state index contributed by atoms with van der Waals surface area (Å²) in [4.78, 5) is 21.7. The number of benzene rings is 1. The van der Waals surface area contributed by atoms with E-state index in [4.69, 9.17) is 11.6 Å². The lowest BCUT2D eigenvalue weighted by Crippen LogP contribution is -2.13. The van der Waals surface area contributed by atoms with Gasteiger partial charge in [-0.3, -0.25) is 9.59 Å². The summed E-state index contributed by atoms with van der Waals surface area (Å²) in [5.74, 6) is 0. The molecule has 0 radical (unpaired) electrons. The largest absolute Gasteiger partial charge is 0.298 e. The molecule has 16 heavy (non-hydrogen) atoms. The molecule has 5 heteroatoms. The second-order valence-corrected chi connectivity index (χ2v) is 3.60. The Balaban J connectivity index is 2.52. The molecule has 0 saturated carbocycles. The summed E-state index contributed by atoms with van der Waals surface area (Å²) in [5.41, 5.74) is 0.870. The summed E-state index contributed by atoms with van der Waals surface area (Å²) in [5, 5.41) is 6.72. The lowest BCUT2D eigenvalue weighted by atomic mass is 10.1. The van der Waals surface area contributed by atoms with E-state index in [2.05, 4.69) is 10.2 Å². The second-order valence-electron chi connectivity index (χ2n) is 3.16. The van der Waals surface area contributed by atoms with E-state index in [0.717, 1.165) is 5.56 Å². The van der Waals surface area contributed by atoms with E-state index in [1.54, 1.807) is 24.3 Å². The van der Waals surface area contributed by atoms with Gasteiger partial charge in [-0.05, 0) is 18.2 Å². The first-order valence-electron chi connectivity index (χ1n) is 4.51. The molecule has 0 saturated heterocycles. The van der Waals surface area contributed by atoms with Gasteiger partial charge in [0.2, 0.25) is 0 Å². The van der Waals surface area contributed by atoms with Gasteiger partial charge in [0.25, 0.3) is 5.56 Å². The van der Waals surface area contributed by atoms with Crippen LogP contribution >= 0.6 is 11.6 Å². The van der Waals surface area contributed by atoms with E-state index >= 15 is 0 Å². The van der Waals surface area contributed by atoms with Crippen molar-refractivity contribution in [2.75, 3.05) is 0 Å². The van der Waals surface area contributed by atoms with Crippen LogP contribution in [0, 0.1) is 0 Å². The summed E-state index contributed by atoms with van der Waals surface area (Å²) < 4.78 is 0. The van der Waals surface area contributed by atoms with Gasteiger partial charge in [0.1, 0.15) is 0 Å². The van der Waals surface area contributed by atoms with Crippen LogP contribution in [0.5, 0.6) is 0 Å². The molecule has 0 aliphatic heterocycles. The number of H-pyrrole nitrogens is 1. The fourth-order valence-electron chi connectivity index (χ4n) is 1.28. The predicted molar refractivity (Wildman–Crippen MR) is 60.7 cm³/mol. The smallest absolute Gasteiger partial charge is 0.274 e. The van der Waals surface area contributed by atoms with Crippen molar-refractivity contribution in [3.8, 4) is 11.3 Å². The number of hydrogen-bond donors (Lipinski definition) is 1.